The second-order valence-corrected chi connectivity index (χ2v) is 5.74. The lowest BCUT2D eigenvalue weighted by Gasteiger charge is -2.22. The molecule has 0 aliphatic carbocycles. The van der Waals surface area contributed by atoms with Gasteiger partial charge in [-0.3, -0.25) is 4.79 Å². The lowest BCUT2D eigenvalue weighted by atomic mass is 10.1. The molecule has 1 fully saturated rings. The molecule has 1 atom stereocenters. The molecule has 1 aliphatic rings. The Hall–Kier alpha value is -0.940. The molecule has 0 radical (unpaired) electrons. The minimum absolute atomic E-state index is 0.0803. The summed E-state index contributed by atoms with van der Waals surface area (Å²) in [5.74, 6) is 2.70. The molecule has 1 amide bonds. The Bertz CT molecular complexity index is 435. The fourth-order valence-electron chi connectivity index (χ4n) is 1.88. The second-order valence-electron chi connectivity index (χ2n) is 4.20. The van der Waals surface area contributed by atoms with Crippen LogP contribution in [-0.4, -0.2) is 35.5 Å². The zero-order valence-corrected chi connectivity index (χ0v) is 11.8. The molecule has 6 heteroatoms. The highest BCUT2D eigenvalue weighted by Crippen LogP contribution is 2.18. The molecular weight excluding hydrogens is 270 g/mol. The number of anilines is 1. The van der Waals surface area contributed by atoms with Crippen molar-refractivity contribution < 1.29 is 4.79 Å². The number of amides is 1. The predicted octanol–water partition coefficient (Wildman–Crippen LogP) is 2.40. The van der Waals surface area contributed by atoms with Gasteiger partial charge >= 0.3 is 0 Å². The van der Waals surface area contributed by atoms with E-state index in [1.165, 1.54) is 5.75 Å². The van der Waals surface area contributed by atoms with Crippen molar-refractivity contribution in [2.45, 2.75) is 18.9 Å². The fraction of sp³-hybridized carbons (Fsp3) is 0.500. The van der Waals surface area contributed by atoms with Gasteiger partial charge in [0.15, 0.2) is 0 Å². The van der Waals surface area contributed by atoms with Crippen molar-refractivity contribution in [2.75, 3.05) is 23.9 Å². The van der Waals surface area contributed by atoms with E-state index in [1.807, 2.05) is 11.8 Å². The first-order chi connectivity index (χ1) is 8.69. The lowest BCUT2D eigenvalue weighted by molar-refractivity contribution is 0.0938. The van der Waals surface area contributed by atoms with E-state index in [2.05, 4.69) is 15.6 Å². The average molecular weight is 286 g/mol. The van der Waals surface area contributed by atoms with E-state index in [1.54, 1.807) is 19.2 Å². The van der Waals surface area contributed by atoms with Crippen LogP contribution in [0, 0.1) is 0 Å². The highest BCUT2D eigenvalue weighted by atomic mass is 35.5. The molecular formula is C12H16ClN3OS. The predicted molar refractivity (Wildman–Crippen MR) is 76.6 cm³/mol. The van der Waals surface area contributed by atoms with Gasteiger partial charge in [0.2, 0.25) is 0 Å². The normalized spacial score (nSPS) is 19.3. The summed E-state index contributed by atoms with van der Waals surface area (Å²) in [4.78, 5) is 16.2. The van der Waals surface area contributed by atoms with E-state index in [0.717, 1.165) is 18.6 Å². The van der Waals surface area contributed by atoms with Crippen LogP contribution < -0.4 is 10.6 Å². The minimum atomic E-state index is -0.0803. The Labute approximate surface area is 116 Å². The largest absolute Gasteiger partial charge is 0.373 e. The summed E-state index contributed by atoms with van der Waals surface area (Å²) >= 11 is 7.77. The van der Waals surface area contributed by atoms with Crippen LogP contribution in [0.5, 0.6) is 0 Å². The topological polar surface area (TPSA) is 54.0 Å². The first kappa shape index (κ1) is 13.5. The molecule has 0 spiro atoms. The summed E-state index contributed by atoms with van der Waals surface area (Å²) in [6, 6.07) is 3.56. The molecule has 98 valence electrons. The zero-order chi connectivity index (χ0) is 13.0. The van der Waals surface area contributed by atoms with Gasteiger partial charge in [-0.25, -0.2) is 4.98 Å². The minimum Gasteiger partial charge on any atom is -0.373 e. The van der Waals surface area contributed by atoms with Gasteiger partial charge in [0.25, 0.3) is 5.91 Å². The van der Waals surface area contributed by atoms with Crippen molar-refractivity contribution >= 4 is 35.1 Å². The molecule has 4 nitrogen and oxygen atoms in total. The number of thioether (sulfide) groups is 1. The Morgan fingerprint density at radius 2 is 2.39 bits per heavy atom. The van der Waals surface area contributed by atoms with Gasteiger partial charge in [-0.15, -0.1) is 0 Å². The van der Waals surface area contributed by atoms with Crippen LogP contribution in [0.3, 0.4) is 0 Å². The molecule has 1 aliphatic heterocycles. The van der Waals surface area contributed by atoms with E-state index >= 15 is 0 Å². The monoisotopic (exact) mass is 285 g/mol. The van der Waals surface area contributed by atoms with Crippen molar-refractivity contribution in [2.24, 2.45) is 0 Å². The molecule has 2 heterocycles. The van der Waals surface area contributed by atoms with Gasteiger partial charge in [0.1, 0.15) is 11.0 Å². The third-order valence-electron chi connectivity index (χ3n) is 2.81. The van der Waals surface area contributed by atoms with Crippen molar-refractivity contribution in [3.05, 3.63) is 22.8 Å². The third kappa shape index (κ3) is 3.53. The number of nitrogens with one attached hydrogen (secondary N) is 2. The Morgan fingerprint density at radius 3 is 3.06 bits per heavy atom. The standard InChI is InChI=1S/C12H16ClN3OS/c1-14-11-6-8(5-10(13)16-11)12(17)15-9-3-2-4-18-7-9/h5-6,9H,2-4,7H2,1H3,(H,14,16)(H,15,17). The van der Waals surface area contributed by atoms with Gasteiger partial charge in [0.05, 0.1) is 0 Å². The maximum absolute atomic E-state index is 12.1. The highest BCUT2D eigenvalue weighted by molar-refractivity contribution is 7.99. The first-order valence-electron chi connectivity index (χ1n) is 5.93. The maximum atomic E-state index is 12.1. The number of aromatic nitrogens is 1. The Morgan fingerprint density at radius 1 is 1.56 bits per heavy atom. The van der Waals surface area contributed by atoms with Crippen molar-refractivity contribution in [3.63, 3.8) is 0 Å². The van der Waals surface area contributed by atoms with Crippen LogP contribution in [0.1, 0.15) is 23.2 Å². The number of rotatable bonds is 3. The van der Waals surface area contributed by atoms with Crippen molar-refractivity contribution in [1.82, 2.24) is 10.3 Å². The highest BCUT2D eigenvalue weighted by Gasteiger charge is 2.17. The van der Waals surface area contributed by atoms with E-state index in [4.69, 9.17) is 11.6 Å². The number of carbonyl (C=O) groups is 1. The number of halogens is 1. The third-order valence-corrected chi connectivity index (χ3v) is 4.22. The lowest BCUT2D eigenvalue weighted by Crippen LogP contribution is -2.38. The summed E-state index contributed by atoms with van der Waals surface area (Å²) < 4.78 is 0. The molecule has 0 bridgehead atoms. The average Bonchev–Trinajstić information content (AvgIpc) is 2.39. The molecule has 1 unspecified atom stereocenters. The molecule has 18 heavy (non-hydrogen) atoms. The van der Waals surface area contributed by atoms with Crippen LogP contribution in [-0.2, 0) is 0 Å². The smallest absolute Gasteiger partial charge is 0.251 e. The van der Waals surface area contributed by atoms with Crippen molar-refractivity contribution in [1.29, 1.82) is 0 Å². The molecule has 2 rings (SSSR count). The molecule has 0 aromatic carbocycles. The van der Waals surface area contributed by atoms with Crippen LogP contribution in [0.25, 0.3) is 0 Å². The zero-order valence-electron chi connectivity index (χ0n) is 10.2. The molecule has 1 saturated heterocycles. The van der Waals surface area contributed by atoms with Crippen molar-refractivity contribution in [3.8, 4) is 0 Å². The second kappa shape index (κ2) is 6.29. The molecule has 0 saturated carbocycles. The van der Waals surface area contributed by atoms with Gasteiger partial charge in [-0.1, -0.05) is 11.6 Å². The van der Waals surface area contributed by atoms with Crippen LogP contribution >= 0.6 is 23.4 Å². The summed E-state index contributed by atoms with van der Waals surface area (Å²) in [7, 11) is 1.75. The Kier molecular flexibility index (Phi) is 4.72. The van der Waals surface area contributed by atoms with E-state index in [0.29, 0.717) is 16.5 Å². The maximum Gasteiger partial charge on any atom is 0.251 e. The van der Waals surface area contributed by atoms with Gasteiger partial charge in [0, 0.05) is 24.4 Å². The first-order valence-corrected chi connectivity index (χ1v) is 7.46. The molecule has 1 aromatic heterocycles. The van der Waals surface area contributed by atoms with Crippen LogP contribution in [0.4, 0.5) is 5.82 Å². The molecule has 2 N–H and O–H groups in total. The number of hydrogen-bond acceptors (Lipinski definition) is 4. The Balaban J connectivity index is 2.05. The summed E-state index contributed by atoms with van der Waals surface area (Å²) in [5.41, 5.74) is 0.551. The SMILES string of the molecule is CNc1cc(C(=O)NC2CCCSC2)cc(Cl)n1. The van der Waals surface area contributed by atoms with E-state index < -0.39 is 0 Å². The number of pyridine rings is 1. The van der Waals surface area contributed by atoms with Gasteiger partial charge < -0.3 is 10.6 Å². The fourth-order valence-corrected chi connectivity index (χ4v) is 3.16. The summed E-state index contributed by atoms with van der Waals surface area (Å²) in [5, 5.41) is 6.25. The quantitative estimate of drug-likeness (QED) is 0.838. The van der Waals surface area contributed by atoms with E-state index in [-0.39, 0.29) is 11.9 Å². The van der Waals surface area contributed by atoms with Gasteiger partial charge in [-0.2, -0.15) is 11.8 Å². The van der Waals surface area contributed by atoms with Crippen LogP contribution in [0.15, 0.2) is 12.1 Å². The number of carbonyl (C=O) groups excluding carboxylic acids is 1. The number of nitrogens with zero attached hydrogens (tertiary/aromatic N) is 1. The summed E-state index contributed by atoms with van der Waals surface area (Å²) in [6.45, 7) is 0. The van der Waals surface area contributed by atoms with Gasteiger partial charge in [-0.05, 0) is 30.7 Å². The number of hydrogen-bond donors (Lipinski definition) is 2. The van der Waals surface area contributed by atoms with E-state index in [9.17, 15) is 4.79 Å². The summed E-state index contributed by atoms with van der Waals surface area (Å²) in [6.07, 6.45) is 2.21. The van der Waals surface area contributed by atoms with Crippen LogP contribution in [0.2, 0.25) is 5.15 Å². The molecule has 1 aromatic rings.